The second-order valence-electron chi connectivity index (χ2n) is 8.58. The summed E-state index contributed by atoms with van der Waals surface area (Å²) in [5.41, 5.74) is 1.84. The molecule has 9 heteroatoms. The third-order valence-electron chi connectivity index (χ3n) is 5.93. The maximum absolute atomic E-state index is 13.2. The molecule has 0 spiro atoms. The number of hydrogen-bond donors (Lipinski definition) is 4. The number of nitrogens with zero attached hydrogens (tertiary/aromatic N) is 1. The van der Waals surface area contributed by atoms with Gasteiger partial charge in [0.15, 0.2) is 0 Å². The fourth-order valence-corrected chi connectivity index (χ4v) is 3.92. The molecule has 4 N–H and O–H groups in total. The van der Waals surface area contributed by atoms with Gasteiger partial charge >= 0.3 is 6.03 Å². The maximum atomic E-state index is 13.2. The molecule has 1 heterocycles. The van der Waals surface area contributed by atoms with E-state index in [1.165, 1.54) is 0 Å². The first kappa shape index (κ1) is 25.3. The van der Waals surface area contributed by atoms with E-state index in [0.29, 0.717) is 41.5 Å². The van der Waals surface area contributed by atoms with Gasteiger partial charge in [0.2, 0.25) is 5.91 Å². The predicted octanol–water partition coefficient (Wildman–Crippen LogP) is 2.71. The molecule has 0 unspecified atom stereocenters. The number of aliphatic hydroxyl groups excluding tert-OH is 1. The lowest BCUT2D eigenvalue weighted by Crippen LogP contribution is -2.47. The van der Waals surface area contributed by atoms with Crippen LogP contribution in [0.2, 0.25) is 0 Å². The van der Waals surface area contributed by atoms with Crippen molar-refractivity contribution in [3.8, 4) is 11.5 Å². The lowest BCUT2D eigenvalue weighted by Gasteiger charge is -2.32. The molecule has 3 rings (SSSR count). The van der Waals surface area contributed by atoms with Crippen molar-refractivity contribution < 1.29 is 24.2 Å². The van der Waals surface area contributed by atoms with Crippen LogP contribution in [-0.2, 0) is 11.2 Å². The minimum Gasteiger partial charge on any atom is -0.497 e. The highest BCUT2D eigenvalue weighted by atomic mass is 16.5. The number of aliphatic hydroxyl groups is 1. The van der Waals surface area contributed by atoms with Crippen LogP contribution >= 0.6 is 0 Å². The summed E-state index contributed by atoms with van der Waals surface area (Å²) in [6, 6.07) is 11.6. The molecular formula is C25H34N4O5. The van der Waals surface area contributed by atoms with E-state index in [4.69, 9.17) is 9.47 Å². The van der Waals surface area contributed by atoms with E-state index in [-0.39, 0.29) is 37.0 Å². The summed E-state index contributed by atoms with van der Waals surface area (Å²) < 4.78 is 11.4. The Hall–Kier alpha value is -3.30. The van der Waals surface area contributed by atoms with Crippen molar-refractivity contribution in [2.75, 3.05) is 44.5 Å². The van der Waals surface area contributed by atoms with Crippen LogP contribution in [0.3, 0.4) is 0 Å². The molecule has 3 amide bonds. The van der Waals surface area contributed by atoms with E-state index in [9.17, 15) is 14.7 Å². The Kier molecular flexibility index (Phi) is 8.72. The number of ether oxygens (including phenoxy) is 2. The number of carbonyl (C=O) groups excluding carboxylic acids is 2. The molecule has 2 aromatic carbocycles. The number of nitrogens with one attached hydrogen (secondary N) is 3. The van der Waals surface area contributed by atoms with Gasteiger partial charge in [-0.15, -0.1) is 0 Å². The standard InChI is InChI=1S/C25H34N4O5/c1-16-14-29(17(2)15-30)24(31)12-18-11-20(7-10-22(18)34-23(16)13-26-3)28-25(32)27-19-5-8-21(33-4)9-6-19/h5-11,16-17,23,26,30H,12-15H2,1-4H3,(H2,27,28,32)/t16-,17+,23-/m1/s1. The van der Waals surface area contributed by atoms with Gasteiger partial charge in [0, 0.05) is 35.9 Å². The van der Waals surface area contributed by atoms with E-state index in [0.717, 1.165) is 0 Å². The SMILES string of the molecule is CNC[C@H]1Oc2ccc(NC(=O)Nc3ccc(OC)cc3)cc2CC(=O)N([C@@H](C)CO)C[C@H]1C. The fourth-order valence-electron chi connectivity index (χ4n) is 3.92. The van der Waals surface area contributed by atoms with Gasteiger partial charge in [-0.3, -0.25) is 4.79 Å². The highest BCUT2D eigenvalue weighted by Gasteiger charge is 2.30. The lowest BCUT2D eigenvalue weighted by molar-refractivity contribution is -0.134. The van der Waals surface area contributed by atoms with E-state index in [1.54, 1.807) is 54.5 Å². The third kappa shape index (κ3) is 6.39. The molecule has 184 valence electrons. The van der Waals surface area contributed by atoms with Crippen molar-refractivity contribution in [3.05, 3.63) is 48.0 Å². The molecule has 1 aliphatic rings. The van der Waals surface area contributed by atoms with E-state index < -0.39 is 6.03 Å². The molecule has 34 heavy (non-hydrogen) atoms. The van der Waals surface area contributed by atoms with Crippen molar-refractivity contribution in [1.82, 2.24) is 10.2 Å². The maximum Gasteiger partial charge on any atom is 0.323 e. The number of hydrogen-bond acceptors (Lipinski definition) is 6. The number of urea groups is 1. The Labute approximate surface area is 200 Å². The second-order valence-corrected chi connectivity index (χ2v) is 8.58. The van der Waals surface area contributed by atoms with Crippen LogP contribution in [0.5, 0.6) is 11.5 Å². The summed E-state index contributed by atoms with van der Waals surface area (Å²) in [6.45, 7) is 4.85. The van der Waals surface area contributed by atoms with Gasteiger partial charge < -0.3 is 35.4 Å². The minimum absolute atomic E-state index is 0.0458. The average Bonchev–Trinajstić information content (AvgIpc) is 2.87. The summed E-state index contributed by atoms with van der Waals surface area (Å²) in [5.74, 6) is 1.26. The van der Waals surface area contributed by atoms with Gasteiger partial charge in [-0.05, 0) is 56.4 Å². The van der Waals surface area contributed by atoms with Gasteiger partial charge in [0.1, 0.15) is 17.6 Å². The Balaban J connectivity index is 1.81. The lowest BCUT2D eigenvalue weighted by atomic mass is 10.0. The topological polar surface area (TPSA) is 112 Å². The third-order valence-corrected chi connectivity index (χ3v) is 5.93. The Bertz CT molecular complexity index is 982. The number of amides is 3. The summed E-state index contributed by atoms with van der Waals surface area (Å²) in [7, 11) is 3.44. The minimum atomic E-state index is -0.405. The monoisotopic (exact) mass is 470 g/mol. The van der Waals surface area contributed by atoms with Crippen LogP contribution in [0.4, 0.5) is 16.2 Å². The number of methoxy groups -OCH3 is 1. The average molecular weight is 471 g/mol. The highest BCUT2D eigenvalue weighted by Crippen LogP contribution is 2.29. The number of benzene rings is 2. The van der Waals surface area contributed by atoms with Crippen molar-refractivity contribution in [1.29, 1.82) is 0 Å². The highest BCUT2D eigenvalue weighted by molar-refractivity contribution is 6.00. The number of carbonyl (C=O) groups is 2. The van der Waals surface area contributed by atoms with Crippen LogP contribution in [0.15, 0.2) is 42.5 Å². The number of fused-ring (bicyclic) bond motifs is 1. The Morgan fingerprint density at radius 3 is 2.53 bits per heavy atom. The quantitative estimate of drug-likeness (QED) is 0.495. The van der Waals surface area contributed by atoms with E-state index >= 15 is 0 Å². The normalized spacial score (nSPS) is 19.1. The molecule has 0 aromatic heterocycles. The van der Waals surface area contributed by atoms with E-state index in [1.807, 2.05) is 20.9 Å². The molecule has 0 aliphatic carbocycles. The van der Waals surface area contributed by atoms with Gasteiger partial charge in [0.25, 0.3) is 0 Å². The molecule has 3 atom stereocenters. The number of rotatable bonds is 7. The molecule has 0 saturated carbocycles. The summed E-state index contributed by atoms with van der Waals surface area (Å²) in [5, 5.41) is 18.4. The van der Waals surface area contributed by atoms with Crippen LogP contribution in [0.25, 0.3) is 0 Å². The Morgan fingerprint density at radius 2 is 1.88 bits per heavy atom. The number of likely N-dealkylation sites (N-methyl/N-ethyl adjacent to an activating group) is 1. The van der Waals surface area contributed by atoms with Crippen LogP contribution in [0.1, 0.15) is 19.4 Å². The molecule has 1 aliphatic heterocycles. The number of anilines is 2. The van der Waals surface area contributed by atoms with Gasteiger partial charge in [-0.25, -0.2) is 4.79 Å². The molecule has 9 nitrogen and oxygen atoms in total. The van der Waals surface area contributed by atoms with Crippen molar-refractivity contribution in [2.24, 2.45) is 5.92 Å². The van der Waals surface area contributed by atoms with Crippen molar-refractivity contribution in [3.63, 3.8) is 0 Å². The van der Waals surface area contributed by atoms with Crippen molar-refractivity contribution in [2.45, 2.75) is 32.4 Å². The first-order valence-corrected chi connectivity index (χ1v) is 11.4. The largest absolute Gasteiger partial charge is 0.497 e. The van der Waals surface area contributed by atoms with Crippen LogP contribution in [-0.4, -0.2) is 67.9 Å². The summed E-state index contributed by atoms with van der Waals surface area (Å²) in [6.07, 6.45) is -0.0610. The molecule has 0 fully saturated rings. The first-order chi connectivity index (χ1) is 16.3. The zero-order valence-corrected chi connectivity index (χ0v) is 20.1. The Morgan fingerprint density at radius 1 is 1.21 bits per heavy atom. The summed E-state index contributed by atoms with van der Waals surface area (Å²) in [4.78, 5) is 27.4. The van der Waals surface area contributed by atoms with Crippen molar-refractivity contribution >= 4 is 23.3 Å². The summed E-state index contributed by atoms with van der Waals surface area (Å²) >= 11 is 0. The molecule has 0 bridgehead atoms. The second kappa shape index (κ2) is 11.7. The zero-order chi connectivity index (χ0) is 24.7. The van der Waals surface area contributed by atoms with Crippen LogP contribution < -0.4 is 25.4 Å². The van der Waals surface area contributed by atoms with E-state index in [2.05, 4.69) is 16.0 Å². The van der Waals surface area contributed by atoms with Gasteiger partial charge in [-0.1, -0.05) is 6.92 Å². The fraction of sp³-hybridized carbons (Fsp3) is 0.440. The van der Waals surface area contributed by atoms with Gasteiger partial charge in [0.05, 0.1) is 26.2 Å². The first-order valence-electron chi connectivity index (χ1n) is 11.4. The molecule has 0 radical (unpaired) electrons. The molecule has 2 aromatic rings. The smallest absolute Gasteiger partial charge is 0.323 e. The molecular weight excluding hydrogens is 436 g/mol. The predicted molar refractivity (Wildman–Crippen MR) is 132 cm³/mol. The van der Waals surface area contributed by atoms with Gasteiger partial charge in [-0.2, -0.15) is 0 Å². The van der Waals surface area contributed by atoms with Crippen LogP contribution in [0, 0.1) is 5.92 Å². The zero-order valence-electron chi connectivity index (χ0n) is 20.1. The molecule has 0 saturated heterocycles.